The molecule has 0 amide bonds. The minimum atomic E-state index is -0.950. The van der Waals surface area contributed by atoms with E-state index in [2.05, 4.69) is 15.0 Å². The first-order valence-electron chi connectivity index (χ1n) is 9.27. The van der Waals surface area contributed by atoms with E-state index in [0.717, 1.165) is 0 Å². The van der Waals surface area contributed by atoms with E-state index < -0.39 is 23.2 Å². The Morgan fingerprint density at radius 3 is 2.67 bits per heavy atom. The Hall–Kier alpha value is -3.46. The van der Waals surface area contributed by atoms with Crippen LogP contribution in [-0.2, 0) is 16.8 Å². The molecule has 0 bridgehead atoms. The van der Waals surface area contributed by atoms with Gasteiger partial charge in [0.25, 0.3) is 11.1 Å². The van der Waals surface area contributed by atoms with Crippen molar-refractivity contribution in [1.82, 2.24) is 15.0 Å². The van der Waals surface area contributed by atoms with Crippen LogP contribution in [0.4, 0.5) is 4.39 Å². The van der Waals surface area contributed by atoms with E-state index in [9.17, 15) is 14.0 Å². The van der Waals surface area contributed by atoms with Crippen LogP contribution in [0.25, 0.3) is 12.2 Å². The quantitative estimate of drug-likeness (QED) is 0.650. The number of aromatic amines is 2. The largest absolute Gasteiger partial charge is 0.461 e. The number of H-pyrrole nitrogens is 2. The summed E-state index contributed by atoms with van der Waals surface area (Å²) >= 11 is 0. The average Bonchev–Trinajstić information content (AvgIpc) is 3.14. The van der Waals surface area contributed by atoms with Crippen molar-refractivity contribution in [3.05, 3.63) is 78.8 Å². The van der Waals surface area contributed by atoms with E-state index in [4.69, 9.17) is 13.9 Å². The molecule has 0 saturated carbocycles. The molecule has 30 heavy (non-hydrogen) atoms. The maximum Gasteiger partial charge on any atom is 0.272 e. The SMILES string of the molecule is CC(C)(C)c1ocnc1C=c1[nH]c(=O)c(=CC2OCc3ccc(F)cc3O2)[nH]c1=O. The third kappa shape index (κ3) is 3.97. The van der Waals surface area contributed by atoms with Gasteiger partial charge in [0.2, 0.25) is 6.29 Å². The number of oxazole rings is 1. The number of ether oxygens (including phenoxy) is 2. The predicted octanol–water partition coefficient (Wildman–Crippen LogP) is 1.03. The van der Waals surface area contributed by atoms with Gasteiger partial charge >= 0.3 is 0 Å². The van der Waals surface area contributed by atoms with Gasteiger partial charge in [0.15, 0.2) is 6.39 Å². The van der Waals surface area contributed by atoms with Crippen molar-refractivity contribution in [3.8, 4) is 5.75 Å². The number of aromatic nitrogens is 3. The molecule has 3 heterocycles. The maximum atomic E-state index is 13.4. The Morgan fingerprint density at radius 1 is 1.17 bits per heavy atom. The lowest BCUT2D eigenvalue weighted by molar-refractivity contribution is -0.0646. The van der Waals surface area contributed by atoms with Crippen LogP contribution >= 0.6 is 0 Å². The van der Waals surface area contributed by atoms with E-state index >= 15 is 0 Å². The Kier molecular flexibility index (Phi) is 4.90. The van der Waals surface area contributed by atoms with Crippen LogP contribution in [0.3, 0.4) is 0 Å². The van der Waals surface area contributed by atoms with Crippen LogP contribution in [0, 0.1) is 5.82 Å². The zero-order valence-electron chi connectivity index (χ0n) is 16.6. The molecule has 0 saturated heterocycles. The number of fused-ring (bicyclic) bond motifs is 1. The first-order chi connectivity index (χ1) is 14.2. The molecule has 9 heteroatoms. The Morgan fingerprint density at radius 2 is 1.90 bits per heavy atom. The molecule has 1 unspecified atom stereocenters. The fourth-order valence-electron chi connectivity index (χ4n) is 3.07. The van der Waals surface area contributed by atoms with E-state index in [1.807, 2.05) is 20.8 Å². The fourth-order valence-corrected chi connectivity index (χ4v) is 3.07. The van der Waals surface area contributed by atoms with Crippen LogP contribution in [0.15, 0.2) is 38.6 Å². The summed E-state index contributed by atoms with van der Waals surface area (Å²) in [5.41, 5.74) is -0.243. The number of benzene rings is 1. The van der Waals surface area contributed by atoms with Crippen LogP contribution in [-0.4, -0.2) is 21.2 Å². The van der Waals surface area contributed by atoms with Gasteiger partial charge in [0.1, 0.15) is 33.7 Å². The van der Waals surface area contributed by atoms with Crippen LogP contribution in [0.2, 0.25) is 0 Å². The van der Waals surface area contributed by atoms with Crippen LogP contribution in [0.1, 0.15) is 37.8 Å². The van der Waals surface area contributed by atoms with E-state index in [1.54, 1.807) is 6.07 Å². The Bertz CT molecular complexity index is 1330. The smallest absolute Gasteiger partial charge is 0.272 e. The first-order valence-corrected chi connectivity index (χ1v) is 9.27. The molecule has 8 nitrogen and oxygen atoms in total. The van der Waals surface area contributed by atoms with Gasteiger partial charge in [-0.3, -0.25) is 9.59 Å². The zero-order valence-corrected chi connectivity index (χ0v) is 16.6. The van der Waals surface area contributed by atoms with Crippen molar-refractivity contribution in [2.75, 3.05) is 0 Å². The highest BCUT2D eigenvalue weighted by molar-refractivity contribution is 5.46. The molecule has 0 fully saturated rings. The standard InChI is InChI=1S/C21H20FN3O5/c1-21(2,3)18-13(23-10-29-18)7-14-19(26)25-15(20(27)24-14)8-17-28-9-11-4-5-12(22)6-16(11)30-17/h4-8,10,17H,9H2,1-3H3,(H,24,27)(H,25,26). The van der Waals surface area contributed by atoms with Crippen LogP contribution < -0.4 is 26.6 Å². The number of hydrogen-bond acceptors (Lipinski definition) is 6. The van der Waals surface area contributed by atoms with Crippen molar-refractivity contribution in [1.29, 1.82) is 0 Å². The minimum absolute atomic E-state index is 0.0294. The molecule has 1 aliphatic rings. The number of nitrogens with zero attached hydrogens (tertiary/aromatic N) is 1. The Labute approximate surface area is 169 Å². The summed E-state index contributed by atoms with van der Waals surface area (Å²) in [6.45, 7) is 6.03. The Balaban J connectivity index is 1.70. The van der Waals surface area contributed by atoms with Crippen molar-refractivity contribution in [2.45, 2.75) is 39.1 Å². The molecule has 1 aromatic carbocycles. The summed E-state index contributed by atoms with van der Waals surface area (Å²) in [5.74, 6) is 0.475. The van der Waals surface area contributed by atoms with Crippen LogP contribution in [0.5, 0.6) is 5.75 Å². The van der Waals surface area contributed by atoms with E-state index in [0.29, 0.717) is 22.8 Å². The number of hydrogen-bond donors (Lipinski definition) is 2. The molecular formula is C21H20FN3O5. The summed E-state index contributed by atoms with van der Waals surface area (Å²) in [4.78, 5) is 34.2. The van der Waals surface area contributed by atoms with Gasteiger partial charge in [-0.05, 0) is 12.1 Å². The van der Waals surface area contributed by atoms with Crippen molar-refractivity contribution < 1.29 is 18.3 Å². The second kappa shape index (κ2) is 7.42. The van der Waals surface area contributed by atoms with Crippen molar-refractivity contribution in [3.63, 3.8) is 0 Å². The molecule has 3 aromatic rings. The predicted molar refractivity (Wildman–Crippen MR) is 106 cm³/mol. The molecule has 2 N–H and O–H groups in total. The normalized spacial score (nSPS) is 17.7. The molecule has 1 atom stereocenters. The summed E-state index contributed by atoms with van der Waals surface area (Å²) < 4.78 is 29.9. The third-order valence-electron chi connectivity index (χ3n) is 4.52. The lowest BCUT2D eigenvalue weighted by Gasteiger charge is -2.23. The molecule has 0 radical (unpaired) electrons. The lowest BCUT2D eigenvalue weighted by atomic mass is 9.92. The number of halogens is 1. The van der Waals surface area contributed by atoms with Gasteiger partial charge in [-0.1, -0.05) is 26.8 Å². The molecule has 1 aliphatic heterocycles. The maximum absolute atomic E-state index is 13.4. The number of nitrogens with one attached hydrogen (secondary N) is 2. The summed E-state index contributed by atoms with van der Waals surface area (Å²) in [6.07, 6.45) is 3.13. The van der Waals surface area contributed by atoms with E-state index in [-0.39, 0.29) is 22.7 Å². The first kappa shape index (κ1) is 19.8. The van der Waals surface area contributed by atoms with Gasteiger partial charge in [-0.2, -0.15) is 0 Å². The van der Waals surface area contributed by atoms with Gasteiger partial charge in [0, 0.05) is 23.1 Å². The highest BCUT2D eigenvalue weighted by atomic mass is 19.1. The van der Waals surface area contributed by atoms with Crippen molar-refractivity contribution >= 4 is 12.2 Å². The second-order valence-corrected chi connectivity index (χ2v) is 7.91. The van der Waals surface area contributed by atoms with Gasteiger partial charge in [-0.15, -0.1) is 0 Å². The molecule has 2 aromatic heterocycles. The van der Waals surface area contributed by atoms with Gasteiger partial charge in [0.05, 0.1) is 6.61 Å². The van der Waals surface area contributed by atoms with Gasteiger partial charge < -0.3 is 23.9 Å². The monoisotopic (exact) mass is 413 g/mol. The summed E-state index contributed by atoms with van der Waals surface area (Å²) in [7, 11) is 0. The molecular weight excluding hydrogens is 393 g/mol. The van der Waals surface area contributed by atoms with Crippen molar-refractivity contribution in [2.24, 2.45) is 0 Å². The molecule has 0 aliphatic carbocycles. The van der Waals surface area contributed by atoms with Gasteiger partial charge in [-0.25, -0.2) is 9.37 Å². The molecule has 156 valence electrons. The van der Waals surface area contributed by atoms with E-state index in [1.165, 1.54) is 30.7 Å². The summed E-state index contributed by atoms with van der Waals surface area (Å²) in [6, 6.07) is 4.12. The number of rotatable bonds is 2. The lowest BCUT2D eigenvalue weighted by Crippen LogP contribution is -2.47. The highest BCUT2D eigenvalue weighted by Gasteiger charge is 2.22. The summed E-state index contributed by atoms with van der Waals surface area (Å²) in [5, 5.41) is 0.00708. The highest BCUT2D eigenvalue weighted by Crippen LogP contribution is 2.27. The minimum Gasteiger partial charge on any atom is -0.461 e. The zero-order chi connectivity index (χ0) is 21.5. The average molecular weight is 413 g/mol. The molecule has 0 spiro atoms. The second-order valence-electron chi connectivity index (χ2n) is 7.91. The topological polar surface area (TPSA) is 110 Å². The third-order valence-corrected chi connectivity index (χ3v) is 4.52. The fraction of sp³-hybridized carbons (Fsp3) is 0.286. The molecule has 4 rings (SSSR count).